The molecule has 1 aromatic carbocycles. The molecule has 2 aromatic rings. The van der Waals surface area contributed by atoms with Gasteiger partial charge in [-0.2, -0.15) is 4.98 Å². The fraction of sp³-hybridized carbons (Fsp3) is 0. The van der Waals surface area contributed by atoms with Crippen molar-refractivity contribution in [1.29, 1.82) is 0 Å². The molecule has 1 aliphatic carbocycles. The van der Waals surface area contributed by atoms with Gasteiger partial charge in [0.15, 0.2) is 5.35 Å². The van der Waals surface area contributed by atoms with Gasteiger partial charge in [0.05, 0.1) is 17.0 Å². The van der Waals surface area contributed by atoms with E-state index in [2.05, 4.69) is 11.1 Å². The summed E-state index contributed by atoms with van der Waals surface area (Å²) in [6, 6.07) is 7.55. The Labute approximate surface area is 110 Å². The highest BCUT2D eigenvalue weighted by Crippen LogP contribution is 2.16. The summed E-state index contributed by atoms with van der Waals surface area (Å²) in [4.78, 5) is 4.45. The highest BCUT2D eigenvalue weighted by atomic mass is 127. The van der Waals surface area contributed by atoms with Gasteiger partial charge in [-0.1, -0.05) is 12.1 Å². The van der Waals surface area contributed by atoms with Gasteiger partial charge in [-0.25, -0.2) is 0 Å². The van der Waals surface area contributed by atoms with E-state index < -0.39 is 0 Å². The average molecular weight is 321 g/mol. The van der Waals surface area contributed by atoms with E-state index >= 15 is 0 Å². The summed E-state index contributed by atoms with van der Waals surface area (Å²) in [5.41, 5.74) is 0.808. The topological polar surface area (TPSA) is 33.1 Å². The van der Waals surface area contributed by atoms with Crippen LogP contribution in [0.4, 0.5) is 0 Å². The molecule has 2 nitrogen and oxygen atoms in total. The molecule has 1 aromatic heterocycles. The molecule has 0 bridgehead atoms. The molecule has 1 heterocycles. The molecule has 0 amide bonds. The number of pyridine rings is 1. The lowest BCUT2D eigenvalue weighted by atomic mass is 10.1. The number of aromatic nitrogens is 1. The Morgan fingerprint density at radius 1 is 1.19 bits per heavy atom. The van der Waals surface area contributed by atoms with Crippen LogP contribution in [-0.2, 0) is 0 Å². The van der Waals surface area contributed by atoms with E-state index in [9.17, 15) is 5.11 Å². The second kappa shape index (κ2) is 4.20. The van der Waals surface area contributed by atoms with Gasteiger partial charge in [0.2, 0.25) is 11.0 Å². The molecular weight excluding hydrogens is 313 g/mol. The number of hydrogen-bond acceptors (Lipinski definition) is 2. The number of hydrogen-bond donors (Lipinski definition) is 1. The zero-order valence-corrected chi connectivity index (χ0v) is 10.5. The molecule has 1 aliphatic rings. The first-order valence-corrected chi connectivity index (χ1v) is 4.74. The van der Waals surface area contributed by atoms with Gasteiger partial charge in [-0.3, -0.25) is 0 Å². The Morgan fingerprint density at radius 2 is 2.00 bits per heavy atom. The zero-order chi connectivity index (χ0) is 10.3. The minimum absolute atomic E-state index is 0. The summed E-state index contributed by atoms with van der Waals surface area (Å²) in [5.74, 6) is 0.260. The molecule has 3 rings (SSSR count). The molecule has 16 heavy (non-hydrogen) atoms. The highest BCUT2D eigenvalue weighted by molar-refractivity contribution is 5.85. The largest absolute Gasteiger partial charge is 1.00 e. The van der Waals surface area contributed by atoms with E-state index in [0.29, 0.717) is 5.22 Å². The Morgan fingerprint density at radius 3 is 2.88 bits per heavy atom. The molecule has 0 atom stereocenters. The lowest BCUT2D eigenvalue weighted by molar-refractivity contribution is -0.00000390. The van der Waals surface area contributed by atoms with Gasteiger partial charge in [0.25, 0.3) is 0 Å². The van der Waals surface area contributed by atoms with Crippen molar-refractivity contribution in [2.75, 3.05) is 0 Å². The SMILES string of the molecule is Oc1c2c(nc3ccccc13)=CC=C[C+]=2.[I-]. The van der Waals surface area contributed by atoms with Crippen LogP contribution < -0.4 is 34.5 Å². The van der Waals surface area contributed by atoms with Gasteiger partial charge < -0.3 is 29.1 Å². The van der Waals surface area contributed by atoms with E-state index in [4.69, 9.17) is 0 Å². The Kier molecular flexibility index (Phi) is 2.90. The van der Waals surface area contributed by atoms with Crippen molar-refractivity contribution in [1.82, 2.24) is 4.98 Å². The number of halogens is 1. The fourth-order valence-electron chi connectivity index (χ4n) is 1.75. The Bertz CT molecular complexity index is 689. The average Bonchev–Trinajstić information content (AvgIpc) is 2.30. The molecule has 0 spiro atoms. The number of para-hydroxylation sites is 1. The molecule has 0 aliphatic heterocycles. The third-order valence-corrected chi connectivity index (χ3v) is 2.47. The second-order valence-electron chi connectivity index (χ2n) is 3.41. The predicted octanol–water partition coefficient (Wildman–Crippen LogP) is -2.05. The third-order valence-electron chi connectivity index (χ3n) is 2.47. The fourth-order valence-corrected chi connectivity index (χ4v) is 1.75. The maximum Gasteiger partial charge on any atom is 0.223 e. The van der Waals surface area contributed by atoms with E-state index in [-0.39, 0.29) is 29.7 Å². The first-order chi connectivity index (χ1) is 7.36. The minimum Gasteiger partial charge on any atom is -1.00 e. The predicted molar refractivity (Wildman–Crippen MR) is 59.7 cm³/mol. The molecule has 78 valence electrons. The number of aromatic hydroxyl groups is 1. The van der Waals surface area contributed by atoms with Crippen molar-refractivity contribution in [3.8, 4) is 5.75 Å². The van der Waals surface area contributed by atoms with Gasteiger partial charge in [-0.15, -0.1) is 0 Å². The van der Waals surface area contributed by atoms with Crippen LogP contribution in [0.2, 0.25) is 0 Å². The standard InChI is InChI=1S/C13H7NO.HI/c15-13-9-5-1-3-7-11(9)14-12-8-4-2-6-10(12)13;/h1-5,7-8H;1H. The monoisotopic (exact) mass is 321 g/mol. The van der Waals surface area contributed by atoms with Crippen molar-refractivity contribution >= 4 is 23.1 Å². The normalized spacial score (nSPS) is 11.8. The van der Waals surface area contributed by atoms with E-state index in [0.717, 1.165) is 16.3 Å². The van der Waals surface area contributed by atoms with Crippen LogP contribution >= 0.6 is 0 Å². The number of nitrogens with zero attached hydrogens (tertiary/aromatic N) is 1. The molecule has 3 heteroatoms. The number of rotatable bonds is 0. The van der Waals surface area contributed by atoms with Crippen molar-refractivity contribution in [2.45, 2.75) is 0 Å². The summed E-state index contributed by atoms with van der Waals surface area (Å²) < 4.78 is 0. The Balaban J connectivity index is 0.000000963. The third kappa shape index (κ3) is 1.58. The Hall–Kier alpha value is -1.45. The number of allylic oxidation sites excluding steroid dienone is 2. The number of benzene rings is 1. The van der Waals surface area contributed by atoms with E-state index in [1.165, 1.54) is 0 Å². The molecule has 0 saturated heterocycles. The van der Waals surface area contributed by atoms with Crippen molar-refractivity contribution in [3.63, 3.8) is 0 Å². The smallest absolute Gasteiger partial charge is 0.223 e. The summed E-state index contributed by atoms with van der Waals surface area (Å²) in [5, 5.41) is 12.3. The van der Waals surface area contributed by atoms with Crippen molar-refractivity contribution < 1.29 is 29.1 Å². The van der Waals surface area contributed by atoms with Crippen LogP contribution in [0.25, 0.3) is 23.1 Å². The molecule has 0 fully saturated rings. The van der Waals surface area contributed by atoms with Crippen LogP contribution in [-0.4, -0.2) is 10.1 Å². The van der Waals surface area contributed by atoms with Crippen molar-refractivity contribution in [3.05, 3.63) is 47.0 Å². The van der Waals surface area contributed by atoms with Gasteiger partial charge in [-0.05, 0) is 12.1 Å². The van der Waals surface area contributed by atoms with Gasteiger partial charge >= 0.3 is 0 Å². The lowest BCUT2D eigenvalue weighted by Crippen LogP contribution is -3.00. The van der Waals surface area contributed by atoms with Crippen molar-refractivity contribution in [2.24, 2.45) is 0 Å². The maximum atomic E-state index is 10.0. The summed E-state index contributed by atoms with van der Waals surface area (Å²) in [7, 11) is 0. The summed E-state index contributed by atoms with van der Waals surface area (Å²) >= 11 is 0. The second-order valence-corrected chi connectivity index (χ2v) is 3.41. The summed E-state index contributed by atoms with van der Waals surface area (Å²) in [6.45, 7) is 0. The van der Waals surface area contributed by atoms with E-state index in [1.54, 1.807) is 6.08 Å². The molecule has 0 radical (unpaired) electrons. The first kappa shape index (κ1) is 11.0. The minimum atomic E-state index is 0. The molecule has 1 N–H and O–H groups in total. The van der Waals surface area contributed by atoms with Crippen LogP contribution in [0.15, 0.2) is 36.4 Å². The first-order valence-electron chi connectivity index (χ1n) is 4.74. The van der Waals surface area contributed by atoms with Crippen LogP contribution in [0.5, 0.6) is 5.75 Å². The van der Waals surface area contributed by atoms with Crippen LogP contribution in [0, 0.1) is 0 Å². The maximum absolute atomic E-state index is 10.0. The van der Waals surface area contributed by atoms with E-state index in [1.807, 2.05) is 36.4 Å². The summed E-state index contributed by atoms with van der Waals surface area (Å²) in [6.07, 6.45) is 8.51. The molecule has 0 saturated carbocycles. The quantitative estimate of drug-likeness (QED) is 0.448. The van der Waals surface area contributed by atoms with Crippen LogP contribution in [0.1, 0.15) is 0 Å². The number of fused-ring (bicyclic) bond motifs is 2. The lowest BCUT2D eigenvalue weighted by Gasteiger charge is -1.96. The van der Waals surface area contributed by atoms with Gasteiger partial charge in [0.1, 0.15) is 0 Å². The van der Waals surface area contributed by atoms with Gasteiger partial charge in [0, 0.05) is 18.2 Å². The zero-order valence-electron chi connectivity index (χ0n) is 8.31. The highest BCUT2D eigenvalue weighted by Gasteiger charge is 2.11. The molecule has 0 unspecified atom stereocenters. The molecular formula is C13H8INO. The van der Waals surface area contributed by atoms with Crippen LogP contribution in [0.3, 0.4) is 0 Å².